The SMILES string of the molecule is O=[N+]([O-])c1cccnc1N1CCC(F)(F)C1. The van der Waals surface area contributed by atoms with Gasteiger partial charge in [0.25, 0.3) is 5.92 Å². The zero-order valence-corrected chi connectivity index (χ0v) is 8.27. The van der Waals surface area contributed by atoms with Gasteiger partial charge in [-0.1, -0.05) is 0 Å². The van der Waals surface area contributed by atoms with E-state index in [-0.39, 0.29) is 24.5 Å². The Kier molecular flexibility index (Phi) is 2.45. The van der Waals surface area contributed by atoms with Gasteiger partial charge in [0.05, 0.1) is 11.5 Å². The summed E-state index contributed by atoms with van der Waals surface area (Å²) in [5, 5.41) is 10.7. The van der Waals surface area contributed by atoms with Crippen LogP contribution in [0, 0.1) is 10.1 Å². The molecule has 0 radical (unpaired) electrons. The Morgan fingerprint density at radius 2 is 2.31 bits per heavy atom. The number of rotatable bonds is 2. The van der Waals surface area contributed by atoms with Crippen molar-refractivity contribution in [2.45, 2.75) is 12.3 Å². The molecule has 0 atom stereocenters. The van der Waals surface area contributed by atoms with E-state index in [1.165, 1.54) is 23.2 Å². The van der Waals surface area contributed by atoms with E-state index < -0.39 is 17.4 Å². The summed E-state index contributed by atoms with van der Waals surface area (Å²) in [5.41, 5.74) is -0.236. The zero-order valence-electron chi connectivity index (χ0n) is 8.27. The Morgan fingerprint density at radius 1 is 1.56 bits per heavy atom. The maximum atomic E-state index is 13.0. The molecule has 1 fully saturated rings. The molecule has 1 aliphatic heterocycles. The van der Waals surface area contributed by atoms with Gasteiger partial charge < -0.3 is 4.90 Å². The highest BCUT2D eigenvalue weighted by molar-refractivity contribution is 5.58. The van der Waals surface area contributed by atoms with Crippen LogP contribution in [0.1, 0.15) is 6.42 Å². The van der Waals surface area contributed by atoms with Crippen LogP contribution < -0.4 is 4.90 Å². The van der Waals surface area contributed by atoms with Crippen molar-refractivity contribution < 1.29 is 13.7 Å². The van der Waals surface area contributed by atoms with Gasteiger partial charge in [0.1, 0.15) is 0 Å². The molecule has 16 heavy (non-hydrogen) atoms. The third-order valence-electron chi connectivity index (χ3n) is 2.43. The second kappa shape index (κ2) is 3.66. The van der Waals surface area contributed by atoms with Crippen molar-refractivity contribution in [3.05, 3.63) is 28.4 Å². The lowest BCUT2D eigenvalue weighted by Crippen LogP contribution is -2.26. The van der Waals surface area contributed by atoms with Gasteiger partial charge in [-0.3, -0.25) is 10.1 Å². The Morgan fingerprint density at radius 3 is 2.88 bits per heavy atom. The van der Waals surface area contributed by atoms with E-state index in [0.29, 0.717) is 0 Å². The van der Waals surface area contributed by atoms with Gasteiger partial charge in [0, 0.05) is 25.2 Å². The molecular weight excluding hydrogens is 220 g/mol. The Bertz CT molecular complexity index is 425. The Balaban J connectivity index is 2.31. The first-order valence-corrected chi connectivity index (χ1v) is 4.72. The summed E-state index contributed by atoms with van der Waals surface area (Å²) in [4.78, 5) is 15.1. The second-order valence-corrected chi connectivity index (χ2v) is 3.63. The summed E-state index contributed by atoms with van der Waals surface area (Å²) in [6.45, 7) is -0.421. The van der Waals surface area contributed by atoms with Crippen LogP contribution in [-0.4, -0.2) is 28.9 Å². The lowest BCUT2D eigenvalue weighted by molar-refractivity contribution is -0.384. The number of nitrogens with zero attached hydrogens (tertiary/aromatic N) is 3. The minimum Gasteiger partial charge on any atom is -0.345 e. The lowest BCUT2D eigenvalue weighted by atomic mass is 10.3. The van der Waals surface area contributed by atoms with Crippen molar-refractivity contribution in [1.82, 2.24) is 4.98 Å². The number of hydrogen-bond acceptors (Lipinski definition) is 4. The zero-order chi connectivity index (χ0) is 11.8. The average molecular weight is 229 g/mol. The van der Waals surface area contributed by atoms with E-state index in [1.54, 1.807) is 0 Å². The first-order valence-electron chi connectivity index (χ1n) is 4.72. The van der Waals surface area contributed by atoms with Gasteiger partial charge in [-0.2, -0.15) is 0 Å². The quantitative estimate of drug-likeness (QED) is 0.573. The van der Waals surface area contributed by atoms with Gasteiger partial charge in [0.15, 0.2) is 0 Å². The van der Waals surface area contributed by atoms with Crippen LogP contribution in [-0.2, 0) is 0 Å². The van der Waals surface area contributed by atoms with Crippen LogP contribution >= 0.6 is 0 Å². The molecule has 0 bridgehead atoms. The predicted octanol–water partition coefficient (Wildman–Crippen LogP) is 1.84. The summed E-state index contributed by atoms with van der Waals surface area (Å²) in [6, 6.07) is 2.68. The number of aromatic nitrogens is 1. The molecular formula is C9H9F2N3O2. The van der Waals surface area contributed by atoms with Gasteiger partial charge in [-0.25, -0.2) is 13.8 Å². The highest BCUT2D eigenvalue weighted by atomic mass is 19.3. The smallest absolute Gasteiger partial charge is 0.311 e. The molecule has 1 aliphatic rings. The number of nitro groups is 1. The Hall–Kier alpha value is -1.79. The third kappa shape index (κ3) is 1.93. The molecule has 0 N–H and O–H groups in total. The van der Waals surface area contributed by atoms with E-state index in [1.807, 2.05) is 0 Å². The van der Waals surface area contributed by atoms with Crippen molar-refractivity contribution in [2.75, 3.05) is 18.0 Å². The number of alkyl halides is 2. The molecule has 2 heterocycles. The minimum absolute atomic E-state index is 0.0182. The molecule has 0 spiro atoms. The number of hydrogen-bond donors (Lipinski definition) is 0. The van der Waals surface area contributed by atoms with Crippen LogP contribution in [0.15, 0.2) is 18.3 Å². The minimum atomic E-state index is -2.79. The van der Waals surface area contributed by atoms with Crippen LogP contribution in [0.25, 0.3) is 0 Å². The average Bonchev–Trinajstić information content (AvgIpc) is 2.59. The summed E-state index contributed by atoms with van der Waals surface area (Å²) < 4.78 is 25.9. The van der Waals surface area contributed by atoms with Crippen molar-refractivity contribution >= 4 is 11.5 Å². The number of pyridine rings is 1. The lowest BCUT2D eigenvalue weighted by Gasteiger charge is -2.16. The Labute approximate surface area is 89.8 Å². The van der Waals surface area contributed by atoms with E-state index in [2.05, 4.69) is 4.98 Å². The highest BCUT2D eigenvalue weighted by Gasteiger charge is 2.40. The monoisotopic (exact) mass is 229 g/mol. The molecule has 0 amide bonds. The predicted molar refractivity (Wildman–Crippen MR) is 52.7 cm³/mol. The van der Waals surface area contributed by atoms with Crippen molar-refractivity contribution in [3.63, 3.8) is 0 Å². The third-order valence-corrected chi connectivity index (χ3v) is 2.43. The molecule has 1 aromatic rings. The van der Waals surface area contributed by atoms with Crippen LogP contribution in [0.4, 0.5) is 20.3 Å². The fourth-order valence-corrected chi connectivity index (χ4v) is 1.69. The van der Waals surface area contributed by atoms with Crippen molar-refractivity contribution in [2.24, 2.45) is 0 Å². The highest BCUT2D eigenvalue weighted by Crippen LogP contribution is 2.33. The summed E-state index contributed by atoms with van der Waals surface area (Å²) >= 11 is 0. The van der Waals surface area contributed by atoms with Crippen molar-refractivity contribution in [1.29, 1.82) is 0 Å². The fraction of sp³-hybridized carbons (Fsp3) is 0.444. The van der Waals surface area contributed by atoms with Gasteiger partial charge >= 0.3 is 5.69 Å². The van der Waals surface area contributed by atoms with Crippen LogP contribution in [0.3, 0.4) is 0 Å². The molecule has 7 heteroatoms. The standard InChI is InChI=1S/C9H9F2N3O2/c10-9(11)3-5-13(6-9)8-7(14(15)16)2-1-4-12-8/h1-2,4H,3,5-6H2. The van der Waals surface area contributed by atoms with Crippen LogP contribution in [0.5, 0.6) is 0 Å². The molecule has 0 aromatic carbocycles. The largest absolute Gasteiger partial charge is 0.345 e. The summed E-state index contributed by atoms with van der Waals surface area (Å²) in [6.07, 6.45) is 1.07. The summed E-state index contributed by atoms with van der Waals surface area (Å²) in [7, 11) is 0. The normalized spacial score (nSPS) is 18.8. The number of anilines is 1. The topological polar surface area (TPSA) is 59.3 Å². The second-order valence-electron chi connectivity index (χ2n) is 3.63. The van der Waals surface area contributed by atoms with E-state index >= 15 is 0 Å². The molecule has 2 rings (SSSR count). The first kappa shape index (κ1) is 10.7. The van der Waals surface area contributed by atoms with Crippen molar-refractivity contribution in [3.8, 4) is 0 Å². The fourth-order valence-electron chi connectivity index (χ4n) is 1.69. The van der Waals surface area contributed by atoms with E-state index in [4.69, 9.17) is 0 Å². The van der Waals surface area contributed by atoms with E-state index in [9.17, 15) is 18.9 Å². The number of halogens is 2. The first-order chi connectivity index (χ1) is 7.49. The molecule has 5 nitrogen and oxygen atoms in total. The molecule has 1 saturated heterocycles. The molecule has 0 aliphatic carbocycles. The molecule has 0 unspecified atom stereocenters. The molecule has 1 aromatic heterocycles. The molecule has 86 valence electrons. The summed E-state index contributed by atoms with van der Waals surface area (Å²) in [5.74, 6) is -2.77. The van der Waals surface area contributed by atoms with Crippen LogP contribution in [0.2, 0.25) is 0 Å². The maximum Gasteiger partial charge on any atom is 0.311 e. The van der Waals surface area contributed by atoms with Gasteiger partial charge in [0.2, 0.25) is 5.82 Å². The molecule has 0 saturated carbocycles. The van der Waals surface area contributed by atoms with Gasteiger partial charge in [-0.05, 0) is 6.07 Å². The van der Waals surface area contributed by atoms with Gasteiger partial charge in [-0.15, -0.1) is 0 Å². The maximum absolute atomic E-state index is 13.0. The van der Waals surface area contributed by atoms with E-state index in [0.717, 1.165) is 0 Å².